The van der Waals surface area contributed by atoms with Crippen molar-refractivity contribution in [2.45, 2.75) is 39.5 Å². The van der Waals surface area contributed by atoms with Crippen LogP contribution in [0.1, 0.15) is 33.4 Å². The summed E-state index contributed by atoms with van der Waals surface area (Å²) >= 11 is 0. The van der Waals surface area contributed by atoms with Crippen molar-refractivity contribution in [3.63, 3.8) is 0 Å². The van der Waals surface area contributed by atoms with Crippen LogP contribution in [0.15, 0.2) is 23.1 Å². The number of hydrogen-bond donors (Lipinski definition) is 1. The van der Waals surface area contributed by atoms with Crippen LogP contribution in [0.4, 0.5) is 11.4 Å². The van der Waals surface area contributed by atoms with Crippen LogP contribution in [-0.4, -0.2) is 20.4 Å². The first-order chi connectivity index (χ1) is 12.9. The first-order valence-electron chi connectivity index (χ1n) is 8.44. The summed E-state index contributed by atoms with van der Waals surface area (Å²) in [5, 5.41) is 21.4. The third kappa shape index (κ3) is 3.69. The number of nitro benzene ring substituents is 1. The molecule has 0 aliphatic carbocycles. The first kappa shape index (κ1) is 21.3. The van der Waals surface area contributed by atoms with Crippen LogP contribution in [0.25, 0.3) is 0 Å². The molecule has 0 saturated carbocycles. The number of benzene rings is 2. The Balaban J connectivity index is 2.55. The zero-order chi connectivity index (χ0) is 21.4. The topological polar surface area (TPSA) is 116 Å². The molecule has 148 valence electrons. The normalized spacial score (nSPS) is 11.2. The lowest BCUT2D eigenvalue weighted by atomic mass is 9.95. The number of hydrazine groups is 1. The van der Waals surface area contributed by atoms with Crippen LogP contribution < -0.4 is 9.84 Å². The van der Waals surface area contributed by atoms with Gasteiger partial charge in [0.05, 0.1) is 21.5 Å². The third-order valence-electron chi connectivity index (χ3n) is 5.12. The summed E-state index contributed by atoms with van der Waals surface area (Å²) in [6.07, 6.45) is 0. The van der Waals surface area contributed by atoms with Crippen molar-refractivity contribution in [3.8, 4) is 6.07 Å². The maximum atomic E-state index is 13.1. The molecule has 2 rings (SSSR count). The second-order valence-corrected chi connectivity index (χ2v) is 8.28. The Morgan fingerprint density at radius 3 is 2.00 bits per heavy atom. The highest BCUT2D eigenvalue weighted by molar-refractivity contribution is 7.89. The Kier molecular flexibility index (Phi) is 5.77. The Morgan fingerprint density at radius 2 is 1.54 bits per heavy atom. The second-order valence-electron chi connectivity index (χ2n) is 6.68. The van der Waals surface area contributed by atoms with Crippen molar-refractivity contribution in [2.75, 3.05) is 12.1 Å². The number of nitrogens with one attached hydrogen (secondary N) is 1. The van der Waals surface area contributed by atoms with Gasteiger partial charge in [-0.25, -0.2) is 8.42 Å². The molecule has 0 fully saturated rings. The Hall–Kier alpha value is -2.96. The van der Waals surface area contributed by atoms with Gasteiger partial charge in [-0.05, 0) is 74.6 Å². The largest absolute Gasteiger partial charge is 0.295 e. The number of hydrogen-bond acceptors (Lipinski definition) is 6. The molecule has 0 amide bonds. The van der Waals surface area contributed by atoms with Crippen molar-refractivity contribution in [1.29, 1.82) is 5.26 Å². The number of rotatable bonds is 5. The van der Waals surface area contributed by atoms with E-state index >= 15 is 0 Å². The monoisotopic (exact) mass is 402 g/mol. The predicted octanol–water partition coefficient (Wildman–Crippen LogP) is 3.34. The maximum absolute atomic E-state index is 13.1. The molecule has 0 heterocycles. The molecule has 1 N–H and O–H groups in total. The number of nitro groups is 1. The minimum atomic E-state index is -4.00. The van der Waals surface area contributed by atoms with Crippen molar-refractivity contribution < 1.29 is 13.3 Å². The van der Waals surface area contributed by atoms with E-state index in [4.69, 9.17) is 5.26 Å². The number of nitrogens with zero attached hydrogens (tertiary/aromatic N) is 3. The van der Waals surface area contributed by atoms with Gasteiger partial charge in [0.1, 0.15) is 5.69 Å². The molecule has 0 aliphatic heterocycles. The van der Waals surface area contributed by atoms with Crippen LogP contribution >= 0.6 is 0 Å². The molecule has 0 saturated heterocycles. The maximum Gasteiger partial charge on any atom is 0.295 e. The summed E-state index contributed by atoms with van der Waals surface area (Å²) in [4.78, 5) is 13.3. The van der Waals surface area contributed by atoms with E-state index in [1.807, 2.05) is 26.8 Å². The molecule has 9 heteroatoms. The molecule has 0 unspecified atom stereocenters. The first-order valence-corrected chi connectivity index (χ1v) is 9.92. The van der Waals surface area contributed by atoms with Crippen molar-refractivity contribution in [1.82, 2.24) is 4.83 Å². The molecule has 2 aromatic carbocycles. The molecular weight excluding hydrogens is 380 g/mol. The average Bonchev–Trinajstić information content (AvgIpc) is 2.63. The lowest BCUT2D eigenvalue weighted by Gasteiger charge is -2.23. The SMILES string of the molecule is Cc1c(C)c(C)c(S(=O)(=O)NN(C)c2ccc(C#N)cc2[N+](=O)[O-])c(C)c1C. The second kappa shape index (κ2) is 7.58. The van der Waals surface area contributed by atoms with Gasteiger partial charge in [0.2, 0.25) is 0 Å². The summed E-state index contributed by atoms with van der Waals surface area (Å²) in [6.45, 7) is 9.17. The van der Waals surface area contributed by atoms with Gasteiger partial charge in [0.25, 0.3) is 15.7 Å². The summed E-state index contributed by atoms with van der Waals surface area (Å²) in [6, 6.07) is 5.67. The predicted molar refractivity (Wildman–Crippen MR) is 107 cm³/mol. The Bertz CT molecular complexity index is 1090. The molecule has 0 radical (unpaired) electrons. The zero-order valence-corrected chi connectivity index (χ0v) is 17.4. The highest BCUT2D eigenvalue weighted by Crippen LogP contribution is 2.31. The van der Waals surface area contributed by atoms with Gasteiger partial charge in [0, 0.05) is 13.1 Å². The van der Waals surface area contributed by atoms with Crippen LogP contribution in [0.5, 0.6) is 0 Å². The third-order valence-corrected chi connectivity index (χ3v) is 6.78. The molecule has 0 atom stereocenters. The standard InChI is InChI=1S/C19H22N4O4S/c1-11-12(2)14(4)19(15(5)13(11)3)28(26,27)21-22(6)17-8-7-16(10-20)9-18(17)23(24)25/h7-9,21H,1-6H3. The molecule has 2 aromatic rings. The molecule has 28 heavy (non-hydrogen) atoms. The summed E-state index contributed by atoms with van der Waals surface area (Å²) in [5.41, 5.74) is 3.85. The highest BCUT2D eigenvalue weighted by Gasteiger charge is 2.27. The van der Waals surface area contributed by atoms with Gasteiger partial charge >= 0.3 is 0 Å². The molecule has 0 bridgehead atoms. The number of nitriles is 1. The van der Waals surface area contributed by atoms with E-state index in [1.54, 1.807) is 13.8 Å². The van der Waals surface area contributed by atoms with E-state index in [9.17, 15) is 18.5 Å². The van der Waals surface area contributed by atoms with Gasteiger partial charge in [-0.2, -0.15) is 5.26 Å². The van der Waals surface area contributed by atoms with Gasteiger partial charge < -0.3 is 0 Å². The number of anilines is 1. The minimum Gasteiger partial charge on any atom is -0.291 e. The van der Waals surface area contributed by atoms with Crippen LogP contribution in [-0.2, 0) is 10.0 Å². The van der Waals surface area contributed by atoms with E-state index < -0.39 is 14.9 Å². The van der Waals surface area contributed by atoms with E-state index in [1.165, 1.54) is 19.2 Å². The molecule has 0 spiro atoms. The van der Waals surface area contributed by atoms with Crippen LogP contribution in [0, 0.1) is 56.1 Å². The van der Waals surface area contributed by atoms with E-state index in [-0.39, 0.29) is 21.8 Å². The number of sulfonamides is 1. The van der Waals surface area contributed by atoms with Crippen molar-refractivity contribution in [3.05, 3.63) is 61.7 Å². The van der Waals surface area contributed by atoms with Gasteiger partial charge in [0.15, 0.2) is 0 Å². The van der Waals surface area contributed by atoms with Gasteiger partial charge in [-0.1, -0.05) is 0 Å². The van der Waals surface area contributed by atoms with Crippen molar-refractivity contribution in [2.24, 2.45) is 0 Å². The fourth-order valence-corrected chi connectivity index (χ4v) is 4.83. The zero-order valence-electron chi connectivity index (χ0n) is 16.6. The molecule has 0 aromatic heterocycles. The molecule has 0 aliphatic rings. The fourth-order valence-electron chi connectivity index (χ4n) is 3.17. The summed E-state index contributed by atoms with van der Waals surface area (Å²) < 4.78 is 26.2. The van der Waals surface area contributed by atoms with E-state index in [0.29, 0.717) is 11.1 Å². The Labute approximate surface area is 164 Å². The lowest BCUT2D eigenvalue weighted by Crippen LogP contribution is -2.40. The van der Waals surface area contributed by atoms with Crippen molar-refractivity contribution >= 4 is 21.4 Å². The van der Waals surface area contributed by atoms with Gasteiger partial charge in [-0.15, -0.1) is 4.83 Å². The average molecular weight is 402 g/mol. The summed E-state index contributed by atoms with van der Waals surface area (Å²) in [5.74, 6) is 0. The Morgan fingerprint density at radius 1 is 1.04 bits per heavy atom. The molecular formula is C19H22N4O4S. The summed E-state index contributed by atoms with van der Waals surface area (Å²) in [7, 11) is -2.62. The minimum absolute atomic E-state index is 0.0310. The highest BCUT2D eigenvalue weighted by atomic mass is 32.2. The molecule has 8 nitrogen and oxygen atoms in total. The van der Waals surface area contributed by atoms with E-state index in [2.05, 4.69) is 4.83 Å². The lowest BCUT2D eigenvalue weighted by molar-refractivity contribution is -0.384. The fraction of sp³-hybridized carbons (Fsp3) is 0.316. The van der Waals surface area contributed by atoms with Gasteiger partial charge in [-0.3, -0.25) is 15.1 Å². The van der Waals surface area contributed by atoms with Crippen LogP contribution in [0.2, 0.25) is 0 Å². The van der Waals surface area contributed by atoms with E-state index in [0.717, 1.165) is 27.8 Å². The quantitative estimate of drug-likeness (QED) is 0.606. The smallest absolute Gasteiger partial charge is 0.291 e. The van der Waals surface area contributed by atoms with Crippen LogP contribution in [0.3, 0.4) is 0 Å².